The maximum absolute atomic E-state index is 14.1. The molecule has 2 bridgehead atoms. The van der Waals surface area contributed by atoms with E-state index in [9.17, 15) is 14.4 Å². The number of nitrogens with zero attached hydrogens (tertiary/aromatic N) is 2. The summed E-state index contributed by atoms with van der Waals surface area (Å²) in [7, 11) is -0.619. The fourth-order valence-corrected chi connectivity index (χ4v) is 8.01. The molecule has 10 nitrogen and oxygen atoms in total. The third-order valence-electron chi connectivity index (χ3n) is 11.0. The Balaban J connectivity index is 1.21. The van der Waals surface area contributed by atoms with Crippen LogP contribution in [0.15, 0.2) is 60.8 Å². The highest BCUT2D eigenvalue weighted by Crippen LogP contribution is 2.65. The van der Waals surface area contributed by atoms with Gasteiger partial charge in [0, 0.05) is 12.1 Å². The summed E-state index contributed by atoms with van der Waals surface area (Å²) in [6, 6.07) is 15.6. The van der Waals surface area contributed by atoms with Gasteiger partial charge in [0.1, 0.15) is 6.04 Å². The minimum atomic E-state index is -1.08. The Bertz CT molecular complexity index is 1660. The minimum absolute atomic E-state index is 0.0285. The first-order valence-electron chi connectivity index (χ1n) is 17.2. The first kappa shape index (κ1) is 33.9. The number of hydrogen-bond acceptors (Lipinski definition) is 6. The molecular weight excluding hydrogens is 605 g/mol. The fraction of sp³-hybridized carbons (Fsp3) is 0.514. The van der Waals surface area contributed by atoms with Crippen LogP contribution in [-0.2, 0) is 14.1 Å². The molecule has 4 fully saturated rings. The van der Waals surface area contributed by atoms with E-state index < -0.39 is 36.5 Å². The predicted octanol–water partition coefficient (Wildman–Crippen LogP) is 4.82. The number of aryl methyl sites for hydroxylation is 1. The standard InChI is InChI=1S/C37H48BN5O5/c1-22(2)17-32(38-47-31-19-26-18-30(36(26,5)6)37(31,7)48-38)42-35(46)29(21-39-33(44)25-15-13-23(3)14-16-25)41-34(45)28-20-40-43(24(28)4)27-11-9-8-10-12-27/h8-16,20,22,26,29-32H,17-19,21H2,1-7H3,(H,39,44)(H,41,45)(H,42,46)/t26-,29+,30-,31-,32+,37+/m1/s1. The number of amides is 3. The first-order valence-corrected chi connectivity index (χ1v) is 17.2. The molecule has 1 saturated heterocycles. The molecule has 2 heterocycles. The molecule has 11 heteroatoms. The predicted molar refractivity (Wildman–Crippen MR) is 185 cm³/mol. The highest BCUT2D eigenvalue weighted by atomic mass is 16.7. The maximum Gasteiger partial charge on any atom is 0.481 e. The summed E-state index contributed by atoms with van der Waals surface area (Å²) in [4.78, 5) is 40.9. The van der Waals surface area contributed by atoms with E-state index >= 15 is 0 Å². The van der Waals surface area contributed by atoms with E-state index in [0.29, 0.717) is 35.1 Å². The van der Waals surface area contributed by atoms with Crippen molar-refractivity contribution in [2.24, 2.45) is 23.2 Å². The smallest absolute Gasteiger partial charge is 0.404 e. The summed E-state index contributed by atoms with van der Waals surface area (Å²) in [6.45, 7) is 14.6. The summed E-state index contributed by atoms with van der Waals surface area (Å²) in [6.07, 6.45) is 4.16. The minimum Gasteiger partial charge on any atom is -0.404 e. The lowest BCUT2D eigenvalue weighted by Gasteiger charge is -2.64. The molecule has 3 amide bonds. The molecule has 1 aromatic heterocycles. The summed E-state index contributed by atoms with van der Waals surface area (Å²) < 4.78 is 15.0. The van der Waals surface area contributed by atoms with Gasteiger partial charge < -0.3 is 25.3 Å². The van der Waals surface area contributed by atoms with Crippen LogP contribution in [0.4, 0.5) is 0 Å². The lowest BCUT2D eigenvalue weighted by molar-refractivity contribution is -0.199. The molecule has 4 aliphatic rings. The molecule has 0 radical (unpaired) electrons. The van der Waals surface area contributed by atoms with Crippen molar-refractivity contribution in [3.63, 3.8) is 0 Å². The zero-order valence-electron chi connectivity index (χ0n) is 29.1. The molecule has 7 rings (SSSR count). The highest BCUT2D eigenvalue weighted by Gasteiger charge is 2.68. The van der Waals surface area contributed by atoms with Crippen LogP contribution in [0.3, 0.4) is 0 Å². The van der Waals surface area contributed by atoms with Crippen molar-refractivity contribution in [1.29, 1.82) is 0 Å². The lowest BCUT2D eigenvalue weighted by Crippen LogP contribution is -2.65. The maximum atomic E-state index is 14.1. The summed E-state index contributed by atoms with van der Waals surface area (Å²) in [5.74, 6) is -0.448. The molecule has 2 aromatic carbocycles. The fourth-order valence-electron chi connectivity index (χ4n) is 8.01. The zero-order valence-corrected chi connectivity index (χ0v) is 29.1. The van der Waals surface area contributed by atoms with Gasteiger partial charge in [0.15, 0.2) is 0 Å². The van der Waals surface area contributed by atoms with E-state index in [0.717, 1.165) is 24.1 Å². The van der Waals surface area contributed by atoms with Crippen LogP contribution in [0.25, 0.3) is 5.69 Å². The number of aromatic nitrogens is 2. The average Bonchev–Trinajstić information content (AvgIpc) is 3.62. The Morgan fingerprint density at radius 2 is 1.69 bits per heavy atom. The van der Waals surface area contributed by atoms with Gasteiger partial charge in [0.05, 0.1) is 40.8 Å². The Morgan fingerprint density at radius 1 is 0.979 bits per heavy atom. The van der Waals surface area contributed by atoms with Gasteiger partial charge in [0.2, 0.25) is 5.91 Å². The summed E-state index contributed by atoms with van der Waals surface area (Å²) in [5.41, 5.74) is 3.05. The van der Waals surface area contributed by atoms with Gasteiger partial charge in [-0.05, 0) is 87.5 Å². The van der Waals surface area contributed by atoms with Crippen molar-refractivity contribution in [3.05, 3.63) is 83.2 Å². The largest absolute Gasteiger partial charge is 0.481 e. The van der Waals surface area contributed by atoms with Gasteiger partial charge in [-0.1, -0.05) is 63.6 Å². The monoisotopic (exact) mass is 653 g/mol. The van der Waals surface area contributed by atoms with Gasteiger partial charge in [0.25, 0.3) is 11.8 Å². The van der Waals surface area contributed by atoms with E-state index in [-0.39, 0.29) is 29.9 Å². The van der Waals surface area contributed by atoms with E-state index in [1.807, 2.05) is 56.3 Å². The third-order valence-corrected chi connectivity index (χ3v) is 11.0. The Kier molecular flexibility index (Phi) is 9.30. The third kappa shape index (κ3) is 6.42. The van der Waals surface area contributed by atoms with Crippen molar-refractivity contribution in [3.8, 4) is 5.69 Å². The number of benzene rings is 2. The quantitative estimate of drug-likeness (QED) is 0.255. The van der Waals surface area contributed by atoms with Crippen LogP contribution in [0.2, 0.25) is 0 Å². The molecule has 3 saturated carbocycles. The first-order chi connectivity index (χ1) is 22.8. The Labute approximate surface area is 283 Å². The summed E-state index contributed by atoms with van der Waals surface area (Å²) >= 11 is 0. The van der Waals surface area contributed by atoms with Gasteiger partial charge >= 0.3 is 7.12 Å². The zero-order chi connectivity index (χ0) is 34.4. The molecule has 0 unspecified atom stereocenters. The molecule has 3 aliphatic carbocycles. The van der Waals surface area contributed by atoms with Crippen LogP contribution in [0.1, 0.15) is 85.9 Å². The normalized spacial score (nSPS) is 25.1. The molecule has 3 N–H and O–H groups in total. The van der Waals surface area contributed by atoms with Gasteiger partial charge in [-0.2, -0.15) is 5.10 Å². The Hall–Kier alpha value is -3.96. The number of carbonyl (C=O) groups is 3. The molecule has 3 aromatic rings. The van der Waals surface area contributed by atoms with Crippen LogP contribution in [-0.4, -0.2) is 64.9 Å². The molecule has 48 heavy (non-hydrogen) atoms. The topological polar surface area (TPSA) is 124 Å². The molecule has 0 spiro atoms. The summed E-state index contributed by atoms with van der Waals surface area (Å²) in [5, 5.41) is 13.3. The van der Waals surface area contributed by atoms with Crippen molar-refractivity contribution in [2.45, 2.75) is 91.4 Å². The molecule has 1 aliphatic heterocycles. The van der Waals surface area contributed by atoms with Crippen LogP contribution >= 0.6 is 0 Å². The average molecular weight is 654 g/mol. The second kappa shape index (κ2) is 13.2. The second-order valence-corrected chi connectivity index (χ2v) is 15.1. The molecule has 254 valence electrons. The SMILES string of the molecule is Cc1ccc(C(=O)NC[C@H](NC(=O)c2cnn(-c3ccccc3)c2C)C(=O)N[C@@H](CC(C)C)B2O[C@@H]3C[C@H]4C[C@H](C4(C)C)[C@]3(C)O2)cc1. The van der Waals surface area contributed by atoms with Crippen LogP contribution in [0, 0.1) is 37.0 Å². The van der Waals surface area contributed by atoms with E-state index in [1.54, 1.807) is 16.8 Å². The van der Waals surface area contributed by atoms with Crippen molar-refractivity contribution >= 4 is 24.8 Å². The van der Waals surface area contributed by atoms with E-state index in [1.165, 1.54) is 6.20 Å². The highest BCUT2D eigenvalue weighted by molar-refractivity contribution is 6.48. The number of para-hydroxylation sites is 1. The molecular formula is C37H48BN5O5. The van der Waals surface area contributed by atoms with E-state index in [2.05, 4.69) is 55.7 Å². The number of carbonyl (C=O) groups excluding carboxylic acids is 3. The van der Waals surface area contributed by atoms with Gasteiger partial charge in [-0.15, -0.1) is 0 Å². The second-order valence-electron chi connectivity index (χ2n) is 15.1. The van der Waals surface area contributed by atoms with Crippen molar-refractivity contribution < 1.29 is 23.7 Å². The molecule has 6 atom stereocenters. The van der Waals surface area contributed by atoms with Gasteiger partial charge in [-0.25, -0.2) is 4.68 Å². The van der Waals surface area contributed by atoms with Crippen LogP contribution < -0.4 is 16.0 Å². The number of nitrogens with one attached hydrogen (secondary N) is 3. The number of rotatable bonds is 11. The van der Waals surface area contributed by atoms with Gasteiger partial charge in [-0.3, -0.25) is 14.4 Å². The van der Waals surface area contributed by atoms with Crippen molar-refractivity contribution in [1.82, 2.24) is 25.7 Å². The lowest BCUT2D eigenvalue weighted by atomic mass is 9.43. The number of hydrogen-bond donors (Lipinski definition) is 3. The Morgan fingerprint density at radius 3 is 2.35 bits per heavy atom. The van der Waals surface area contributed by atoms with Crippen LogP contribution in [0.5, 0.6) is 0 Å². The van der Waals surface area contributed by atoms with Crippen molar-refractivity contribution in [2.75, 3.05) is 6.54 Å². The van der Waals surface area contributed by atoms with E-state index in [4.69, 9.17) is 9.31 Å².